The number of anilines is 2. The molecule has 1 aliphatic rings. The van der Waals surface area contributed by atoms with Gasteiger partial charge in [-0.2, -0.15) is 18.3 Å². The van der Waals surface area contributed by atoms with Crippen LogP contribution in [-0.2, 0) is 19.1 Å². The maximum absolute atomic E-state index is 13.0. The molecule has 0 saturated carbocycles. The largest absolute Gasteiger partial charge is 0.416 e. The highest BCUT2D eigenvalue weighted by Gasteiger charge is 2.30. The van der Waals surface area contributed by atoms with Crippen LogP contribution in [0, 0.1) is 0 Å². The Hall–Kier alpha value is -3.66. The maximum atomic E-state index is 13.0. The highest BCUT2D eigenvalue weighted by molar-refractivity contribution is 6.30. The third kappa shape index (κ3) is 5.58. The Morgan fingerprint density at radius 1 is 1.15 bits per heavy atom. The predicted molar refractivity (Wildman–Crippen MR) is 118 cm³/mol. The number of urea groups is 1. The van der Waals surface area contributed by atoms with E-state index in [1.165, 1.54) is 29.6 Å². The van der Waals surface area contributed by atoms with Crippen molar-refractivity contribution in [3.8, 4) is 0 Å². The van der Waals surface area contributed by atoms with Crippen molar-refractivity contribution in [2.24, 2.45) is 5.10 Å². The third-order valence-electron chi connectivity index (χ3n) is 4.99. The summed E-state index contributed by atoms with van der Waals surface area (Å²) in [7, 11) is 0. The molecule has 7 nitrogen and oxygen atoms in total. The van der Waals surface area contributed by atoms with Gasteiger partial charge in [-0.05, 0) is 35.9 Å². The lowest BCUT2D eigenvalue weighted by molar-refractivity contribution is -0.137. The number of hydrogen-bond acceptors (Lipinski definition) is 5. The Morgan fingerprint density at radius 3 is 2.70 bits per heavy atom. The monoisotopic (exact) mass is 474 g/mol. The Balaban J connectivity index is 1.46. The lowest BCUT2D eigenvalue weighted by atomic mass is 10.1. The molecule has 2 N–H and O–H groups in total. The summed E-state index contributed by atoms with van der Waals surface area (Å²) in [5.74, 6) is 0.349. The first-order valence-corrected chi connectivity index (χ1v) is 10.3. The van der Waals surface area contributed by atoms with Gasteiger partial charge in [0.25, 0.3) is 0 Å². The van der Waals surface area contributed by atoms with Crippen molar-refractivity contribution in [2.45, 2.75) is 19.1 Å². The van der Waals surface area contributed by atoms with Gasteiger partial charge in [0.2, 0.25) is 0 Å². The van der Waals surface area contributed by atoms with Crippen LogP contribution in [0.4, 0.5) is 29.5 Å². The zero-order chi connectivity index (χ0) is 23.4. The number of rotatable bonds is 4. The smallest absolute Gasteiger partial charge is 0.340 e. The summed E-state index contributed by atoms with van der Waals surface area (Å²) in [4.78, 5) is 22.5. The van der Waals surface area contributed by atoms with Crippen molar-refractivity contribution in [2.75, 3.05) is 11.9 Å². The van der Waals surface area contributed by atoms with Crippen LogP contribution in [0.5, 0.6) is 0 Å². The lowest BCUT2D eigenvalue weighted by Gasteiger charge is -2.28. The number of nitrogens with one attached hydrogen (secondary N) is 2. The molecule has 2 aromatic carbocycles. The third-order valence-corrected chi connectivity index (χ3v) is 5.24. The second-order valence-corrected chi connectivity index (χ2v) is 7.69. The van der Waals surface area contributed by atoms with Gasteiger partial charge in [-0.1, -0.05) is 29.8 Å². The summed E-state index contributed by atoms with van der Waals surface area (Å²) in [6.07, 6.45) is -1.13. The molecule has 3 aromatic rings. The molecule has 2 heterocycles. The Kier molecular flexibility index (Phi) is 6.45. The van der Waals surface area contributed by atoms with E-state index in [1.54, 1.807) is 24.3 Å². The van der Waals surface area contributed by atoms with E-state index in [2.05, 4.69) is 25.8 Å². The Bertz CT molecular complexity index is 1180. The highest BCUT2D eigenvalue weighted by Crippen LogP contribution is 2.32. The molecule has 11 heteroatoms. The summed E-state index contributed by atoms with van der Waals surface area (Å²) >= 11 is 5.84. The quantitative estimate of drug-likeness (QED) is 0.412. The average Bonchev–Trinajstić information content (AvgIpc) is 2.80. The standard InChI is InChI=1S/C22H18ClF3N6O/c23-16-6-4-14(5-7-16)11-29-31-21(33)32-9-8-19-18(12-32)20(28-13-27-19)30-17-3-1-2-15(10-17)22(24,25)26/h1-7,10-11,13H,8-9,12H2,(H,31,33)(H,27,28,30)/b29-11+. The molecule has 4 rings (SSSR count). The molecule has 0 aliphatic carbocycles. The van der Waals surface area contributed by atoms with Gasteiger partial charge in [-0.15, -0.1) is 0 Å². The fourth-order valence-electron chi connectivity index (χ4n) is 3.31. The van der Waals surface area contributed by atoms with Crippen LogP contribution < -0.4 is 10.7 Å². The number of halogens is 4. The first-order valence-electron chi connectivity index (χ1n) is 9.90. The molecule has 0 spiro atoms. The second kappa shape index (κ2) is 9.45. The number of nitrogens with zero attached hydrogens (tertiary/aromatic N) is 4. The van der Waals surface area contributed by atoms with Crippen molar-refractivity contribution in [1.82, 2.24) is 20.3 Å². The van der Waals surface area contributed by atoms with Crippen LogP contribution in [0.3, 0.4) is 0 Å². The van der Waals surface area contributed by atoms with E-state index in [0.717, 1.165) is 23.4 Å². The van der Waals surface area contributed by atoms with E-state index in [-0.39, 0.29) is 12.2 Å². The van der Waals surface area contributed by atoms with Gasteiger partial charge in [0, 0.05) is 29.2 Å². The van der Waals surface area contributed by atoms with Crippen LogP contribution in [0.1, 0.15) is 22.4 Å². The number of alkyl halides is 3. The van der Waals surface area contributed by atoms with Crippen molar-refractivity contribution < 1.29 is 18.0 Å². The molecule has 0 bridgehead atoms. The molecule has 33 heavy (non-hydrogen) atoms. The van der Waals surface area contributed by atoms with E-state index in [1.807, 2.05) is 0 Å². The number of hydrazone groups is 1. The maximum Gasteiger partial charge on any atom is 0.416 e. The molecule has 0 unspecified atom stereocenters. The zero-order valence-corrected chi connectivity index (χ0v) is 17.9. The van der Waals surface area contributed by atoms with E-state index in [9.17, 15) is 18.0 Å². The van der Waals surface area contributed by atoms with Gasteiger partial charge in [0.05, 0.1) is 24.0 Å². The predicted octanol–water partition coefficient (Wildman–Crippen LogP) is 4.99. The highest BCUT2D eigenvalue weighted by atomic mass is 35.5. The van der Waals surface area contributed by atoms with Gasteiger partial charge < -0.3 is 10.2 Å². The molecule has 0 atom stereocenters. The van der Waals surface area contributed by atoms with Crippen LogP contribution in [0.25, 0.3) is 0 Å². The Morgan fingerprint density at radius 2 is 1.94 bits per heavy atom. The van der Waals surface area contributed by atoms with Gasteiger partial charge >= 0.3 is 12.2 Å². The van der Waals surface area contributed by atoms with Crippen LogP contribution in [0.15, 0.2) is 60.0 Å². The molecule has 1 aliphatic heterocycles. The molecule has 170 valence electrons. The van der Waals surface area contributed by atoms with Crippen molar-refractivity contribution in [3.05, 3.63) is 82.3 Å². The van der Waals surface area contributed by atoms with Crippen LogP contribution in [0.2, 0.25) is 5.02 Å². The minimum absolute atomic E-state index is 0.180. The van der Waals surface area contributed by atoms with Crippen LogP contribution >= 0.6 is 11.6 Å². The van der Waals surface area contributed by atoms with E-state index < -0.39 is 17.8 Å². The molecular weight excluding hydrogens is 457 g/mol. The summed E-state index contributed by atoms with van der Waals surface area (Å²) < 4.78 is 39.1. The Labute approximate surface area is 192 Å². The van der Waals surface area contributed by atoms with Crippen molar-refractivity contribution in [3.63, 3.8) is 0 Å². The number of fused-ring (bicyclic) bond motifs is 1. The summed E-state index contributed by atoms with van der Waals surface area (Å²) in [6.45, 7) is 0.592. The lowest BCUT2D eigenvalue weighted by Crippen LogP contribution is -2.41. The summed E-state index contributed by atoms with van der Waals surface area (Å²) in [5, 5.41) is 7.48. The average molecular weight is 475 g/mol. The molecule has 0 radical (unpaired) electrons. The first-order chi connectivity index (χ1) is 15.8. The minimum atomic E-state index is -4.45. The van der Waals surface area contributed by atoms with E-state index in [4.69, 9.17) is 11.6 Å². The van der Waals surface area contributed by atoms with Gasteiger partial charge in [-0.3, -0.25) is 0 Å². The van der Waals surface area contributed by atoms with Gasteiger partial charge in [0.15, 0.2) is 0 Å². The molecule has 0 saturated heterocycles. The topological polar surface area (TPSA) is 82.5 Å². The number of aromatic nitrogens is 2. The fraction of sp³-hybridized carbons (Fsp3) is 0.182. The number of hydrogen-bond donors (Lipinski definition) is 2. The molecule has 1 aromatic heterocycles. The van der Waals surface area contributed by atoms with Crippen LogP contribution in [-0.4, -0.2) is 33.7 Å². The minimum Gasteiger partial charge on any atom is -0.340 e. The normalized spacial score (nSPS) is 13.6. The summed E-state index contributed by atoms with van der Waals surface area (Å²) in [6, 6.07) is 11.4. The van der Waals surface area contributed by atoms with Gasteiger partial charge in [-0.25, -0.2) is 20.2 Å². The number of benzene rings is 2. The number of carbonyl (C=O) groups excluding carboxylic acids is 1. The first kappa shape index (κ1) is 22.5. The van der Waals surface area contributed by atoms with Crippen molar-refractivity contribution >= 4 is 35.4 Å². The molecule has 0 fully saturated rings. The second-order valence-electron chi connectivity index (χ2n) is 7.25. The van der Waals surface area contributed by atoms with E-state index in [0.29, 0.717) is 29.4 Å². The van der Waals surface area contributed by atoms with E-state index >= 15 is 0 Å². The molecular formula is C22H18ClF3N6O. The number of amides is 2. The van der Waals surface area contributed by atoms with Crippen molar-refractivity contribution in [1.29, 1.82) is 0 Å². The molecule has 2 amide bonds. The SMILES string of the molecule is O=C(N/N=C/c1ccc(Cl)cc1)N1CCc2ncnc(Nc3cccc(C(F)(F)F)c3)c2C1. The summed E-state index contributed by atoms with van der Waals surface area (Å²) in [5.41, 5.74) is 4.08. The fourth-order valence-corrected chi connectivity index (χ4v) is 3.44. The number of carbonyl (C=O) groups is 1. The zero-order valence-electron chi connectivity index (χ0n) is 17.1. The van der Waals surface area contributed by atoms with Gasteiger partial charge in [0.1, 0.15) is 12.1 Å².